The van der Waals surface area contributed by atoms with E-state index < -0.39 is 18.1 Å². The molecule has 8 heteroatoms. The molecule has 0 spiro atoms. The normalized spacial score (nSPS) is 14.1. The summed E-state index contributed by atoms with van der Waals surface area (Å²) in [6.07, 6.45) is 63.6. The highest BCUT2D eigenvalue weighted by Gasteiger charge is 2.31. The second-order valence-corrected chi connectivity index (χ2v) is 16.2. The van der Waals surface area contributed by atoms with Gasteiger partial charge in [-0.25, -0.2) is 4.79 Å². The zero-order chi connectivity index (χ0) is 46.3. The van der Waals surface area contributed by atoms with Crippen molar-refractivity contribution in [2.45, 2.75) is 154 Å². The molecule has 0 saturated heterocycles. The maximum atomic E-state index is 12.8. The summed E-state index contributed by atoms with van der Waals surface area (Å²) in [5.74, 6) is -1.61. The number of ether oxygens (including phenoxy) is 3. The average Bonchev–Trinajstić information content (AvgIpc) is 3.24. The summed E-state index contributed by atoms with van der Waals surface area (Å²) in [6.45, 7) is 4.38. The Morgan fingerprint density at radius 2 is 0.857 bits per heavy atom. The van der Waals surface area contributed by atoms with Crippen molar-refractivity contribution in [1.82, 2.24) is 0 Å². The van der Waals surface area contributed by atoms with Crippen molar-refractivity contribution in [3.63, 3.8) is 0 Å². The van der Waals surface area contributed by atoms with Gasteiger partial charge in [-0.3, -0.25) is 9.59 Å². The van der Waals surface area contributed by atoms with Crippen LogP contribution in [-0.2, 0) is 28.6 Å². The van der Waals surface area contributed by atoms with Crippen LogP contribution in [0.4, 0.5) is 0 Å². The van der Waals surface area contributed by atoms with Gasteiger partial charge in [0.2, 0.25) is 0 Å². The molecule has 0 heterocycles. The van der Waals surface area contributed by atoms with Crippen LogP contribution in [0.1, 0.15) is 142 Å². The quantitative estimate of drug-likeness (QED) is 0.0283. The molecular formula is C55H86NO7+. The van der Waals surface area contributed by atoms with Gasteiger partial charge in [-0.15, -0.1) is 0 Å². The van der Waals surface area contributed by atoms with Crippen molar-refractivity contribution in [1.29, 1.82) is 0 Å². The van der Waals surface area contributed by atoms with E-state index in [0.717, 1.165) is 96.3 Å². The van der Waals surface area contributed by atoms with Gasteiger partial charge in [0.05, 0.1) is 34.4 Å². The summed E-state index contributed by atoms with van der Waals surface area (Å²) in [4.78, 5) is 37.1. The first-order valence-corrected chi connectivity index (χ1v) is 23.7. The van der Waals surface area contributed by atoms with Crippen LogP contribution in [0.5, 0.6) is 0 Å². The van der Waals surface area contributed by atoms with Crippen LogP contribution in [0.2, 0.25) is 0 Å². The van der Waals surface area contributed by atoms with Crippen LogP contribution in [-0.4, -0.2) is 80.6 Å². The minimum absolute atomic E-state index is 0.0191. The number of carboxylic acids is 1. The molecule has 0 radical (unpaired) electrons. The lowest BCUT2D eigenvalue weighted by Crippen LogP contribution is -2.50. The van der Waals surface area contributed by atoms with Crippen molar-refractivity contribution in [2.75, 3.05) is 41.0 Å². The fourth-order valence-corrected chi connectivity index (χ4v) is 5.95. The molecule has 0 aromatic rings. The van der Waals surface area contributed by atoms with E-state index in [1.807, 2.05) is 21.1 Å². The number of hydrogen-bond donors (Lipinski definition) is 1. The molecule has 0 aliphatic heterocycles. The van der Waals surface area contributed by atoms with E-state index in [1.54, 1.807) is 0 Å². The third-order valence-electron chi connectivity index (χ3n) is 9.55. The molecule has 63 heavy (non-hydrogen) atoms. The predicted molar refractivity (Wildman–Crippen MR) is 265 cm³/mol. The predicted octanol–water partition coefficient (Wildman–Crippen LogP) is 13.6. The molecule has 352 valence electrons. The lowest BCUT2D eigenvalue weighted by atomic mass is 10.1. The van der Waals surface area contributed by atoms with Crippen molar-refractivity contribution in [3.05, 3.63) is 134 Å². The monoisotopic (exact) mass is 873 g/mol. The number of likely N-dealkylation sites (N-methyl/N-ethyl adjacent to an activating group) is 1. The topological polar surface area (TPSA) is 99.1 Å². The summed E-state index contributed by atoms with van der Waals surface area (Å²) in [5, 5.41) is 9.64. The van der Waals surface area contributed by atoms with E-state index >= 15 is 0 Å². The number of allylic oxidation sites excluding steroid dienone is 22. The zero-order valence-corrected chi connectivity index (χ0v) is 40.0. The highest BCUT2D eigenvalue weighted by molar-refractivity contribution is 5.72. The molecule has 8 nitrogen and oxygen atoms in total. The molecule has 0 amide bonds. The third kappa shape index (κ3) is 42.5. The van der Waals surface area contributed by atoms with Crippen molar-refractivity contribution in [2.24, 2.45) is 0 Å². The van der Waals surface area contributed by atoms with Gasteiger partial charge in [-0.1, -0.05) is 154 Å². The first-order chi connectivity index (χ1) is 30.6. The van der Waals surface area contributed by atoms with E-state index in [2.05, 4.69) is 148 Å². The summed E-state index contributed by atoms with van der Waals surface area (Å²) >= 11 is 0. The molecule has 0 saturated carbocycles. The maximum absolute atomic E-state index is 12.8. The number of nitrogens with zero attached hydrogens (tertiary/aromatic N) is 1. The Labute approximate surface area is 383 Å². The second-order valence-electron chi connectivity index (χ2n) is 16.2. The molecule has 0 aromatic carbocycles. The van der Waals surface area contributed by atoms with Gasteiger partial charge >= 0.3 is 17.9 Å². The average molecular weight is 873 g/mol. The Hall–Kier alpha value is -4.53. The SMILES string of the molecule is CC/C=C/C/C=C/C/C=C/C/C=C/C/C=C/C/C=C/CCCCCC(=O)OC(COCCC(C(=O)O)[N+](C)(C)C)COC(=O)CCC/C=C/C/C=C/C/C=C/C/C=C/C/C=C/CC. The van der Waals surface area contributed by atoms with Gasteiger partial charge in [-0.05, 0) is 103 Å². The standard InChI is InChI=1S/C55H85NO7/c1-6-8-10-12-14-16-18-20-22-24-25-26-27-28-30-32-34-36-38-40-42-44-46-54(58)63-51(49-61-48-47-52(55(59)60)56(3,4)5)50-62-53(57)45-43-41-39-37-35-33-31-29-23-21-19-17-15-13-11-9-7-2/h8-11,14-17,20-23,25-26,28,30-31,33-34,36-37,39,51-52H,6-7,12-13,18-19,24,27,29,32,35,38,40-50H2,1-5H3/p+1/b10-8+,11-9+,16-14+,17-15+,22-20+,23-21+,26-25+,30-28+,33-31+,36-34+,39-37+. The van der Waals surface area contributed by atoms with Gasteiger partial charge in [0.15, 0.2) is 12.1 Å². The number of aliphatic carboxylic acids is 1. The fourth-order valence-electron chi connectivity index (χ4n) is 5.95. The van der Waals surface area contributed by atoms with Crippen LogP contribution in [0.25, 0.3) is 0 Å². The number of hydrogen-bond acceptors (Lipinski definition) is 6. The Kier molecular flexibility index (Phi) is 40.9. The number of carboxylic acid groups (broad SMARTS) is 1. The minimum atomic E-state index is -0.895. The highest BCUT2D eigenvalue weighted by Crippen LogP contribution is 2.11. The number of rotatable bonds is 40. The largest absolute Gasteiger partial charge is 0.477 e. The zero-order valence-electron chi connectivity index (χ0n) is 40.0. The number of carbonyl (C=O) groups excluding carboxylic acids is 2. The molecule has 2 atom stereocenters. The van der Waals surface area contributed by atoms with E-state index in [0.29, 0.717) is 19.3 Å². The molecule has 0 aromatic heterocycles. The van der Waals surface area contributed by atoms with Crippen molar-refractivity contribution >= 4 is 17.9 Å². The van der Waals surface area contributed by atoms with Gasteiger partial charge in [-0.2, -0.15) is 0 Å². The van der Waals surface area contributed by atoms with E-state index in [4.69, 9.17) is 14.2 Å². The number of carbonyl (C=O) groups is 3. The first-order valence-electron chi connectivity index (χ1n) is 23.7. The summed E-state index contributed by atoms with van der Waals surface area (Å²) in [6, 6.07) is -0.639. The van der Waals surface area contributed by atoms with Crippen molar-refractivity contribution < 1.29 is 38.2 Å². The summed E-state index contributed by atoms with van der Waals surface area (Å²) in [7, 11) is 5.48. The second kappa shape index (κ2) is 44.1. The Bertz CT molecular complexity index is 1480. The van der Waals surface area contributed by atoms with Crippen LogP contribution >= 0.6 is 0 Å². The Morgan fingerprint density at radius 3 is 1.25 bits per heavy atom. The van der Waals surface area contributed by atoms with Gasteiger partial charge < -0.3 is 23.8 Å². The van der Waals surface area contributed by atoms with Crippen molar-refractivity contribution in [3.8, 4) is 0 Å². The molecule has 0 bridgehead atoms. The number of esters is 2. The highest BCUT2D eigenvalue weighted by atomic mass is 16.6. The molecule has 0 rings (SSSR count). The van der Waals surface area contributed by atoms with Crippen LogP contribution in [0, 0.1) is 0 Å². The molecule has 0 aliphatic carbocycles. The fraction of sp³-hybridized carbons (Fsp3) is 0.545. The van der Waals surface area contributed by atoms with E-state index in [-0.39, 0.29) is 49.1 Å². The van der Waals surface area contributed by atoms with Gasteiger partial charge in [0.1, 0.15) is 6.61 Å². The lowest BCUT2D eigenvalue weighted by Gasteiger charge is -2.31. The molecule has 1 N–H and O–H groups in total. The van der Waals surface area contributed by atoms with Crippen LogP contribution in [0.3, 0.4) is 0 Å². The van der Waals surface area contributed by atoms with Crippen LogP contribution < -0.4 is 0 Å². The minimum Gasteiger partial charge on any atom is -0.477 e. The Morgan fingerprint density at radius 1 is 0.476 bits per heavy atom. The lowest BCUT2D eigenvalue weighted by molar-refractivity contribution is -0.887. The van der Waals surface area contributed by atoms with Gasteiger partial charge in [0, 0.05) is 19.3 Å². The number of quaternary nitrogens is 1. The third-order valence-corrected chi connectivity index (χ3v) is 9.55. The number of unbranched alkanes of at least 4 members (excludes halogenated alkanes) is 4. The van der Waals surface area contributed by atoms with E-state index in [1.165, 1.54) is 0 Å². The maximum Gasteiger partial charge on any atom is 0.362 e. The smallest absolute Gasteiger partial charge is 0.362 e. The molecule has 0 fully saturated rings. The summed E-state index contributed by atoms with van der Waals surface area (Å²) < 4.78 is 17.2. The van der Waals surface area contributed by atoms with Crippen LogP contribution in [0.15, 0.2) is 134 Å². The molecular weight excluding hydrogens is 787 g/mol. The van der Waals surface area contributed by atoms with Gasteiger partial charge in [0.25, 0.3) is 0 Å². The molecule has 2 unspecified atom stereocenters. The summed E-state index contributed by atoms with van der Waals surface area (Å²) in [5.41, 5.74) is 0. The Balaban J connectivity index is 4.49. The van der Waals surface area contributed by atoms with E-state index in [9.17, 15) is 19.5 Å². The molecule has 0 aliphatic rings. The first kappa shape index (κ1) is 58.5.